The number of aromatic nitrogens is 4. The van der Waals surface area contributed by atoms with Crippen LogP contribution in [0.15, 0.2) is 30.9 Å². The molecule has 34 heavy (non-hydrogen) atoms. The lowest BCUT2D eigenvalue weighted by molar-refractivity contribution is -0.155. The highest BCUT2D eigenvalue weighted by Crippen LogP contribution is 2.34. The van der Waals surface area contributed by atoms with Gasteiger partial charge < -0.3 is 29.0 Å². The Balaban J connectivity index is 1.33. The molecular weight excluding hydrogens is 446 g/mol. The Labute approximate surface area is 194 Å². The molecule has 1 N–H and O–H groups in total. The van der Waals surface area contributed by atoms with Crippen molar-refractivity contribution in [2.75, 3.05) is 18.7 Å². The number of fused-ring (bicyclic) bond motifs is 2. The SMILES string of the molecule is CC(=O)OCC1O[C@@H](n2cnc3c(NCc4ccc5c(c4)OCO5)ncnc32)C[C@H]1OC(C)=O. The van der Waals surface area contributed by atoms with Crippen molar-refractivity contribution in [1.29, 1.82) is 0 Å². The van der Waals surface area contributed by atoms with E-state index in [-0.39, 0.29) is 13.4 Å². The fourth-order valence-corrected chi connectivity index (χ4v) is 3.99. The van der Waals surface area contributed by atoms with Gasteiger partial charge in [0.15, 0.2) is 28.5 Å². The van der Waals surface area contributed by atoms with Gasteiger partial charge in [0.05, 0.1) is 6.33 Å². The van der Waals surface area contributed by atoms with E-state index in [4.69, 9.17) is 23.7 Å². The van der Waals surface area contributed by atoms with Gasteiger partial charge >= 0.3 is 11.9 Å². The summed E-state index contributed by atoms with van der Waals surface area (Å²) < 4.78 is 29.1. The van der Waals surface area contributed by atoms with Gasteiger partial charge in [-0.05, 0) is 17.7 Å². The number of hydrogen-bond donors (Lipinski definition) is 1. The lowest BCUT2D eigenvalue weighted by Crippen LogP contribution is -2.31. The minimum absolute atomic E-state index is 0.0201. The van der Waals surface area contributed by atoms with Crippen molar-refractivity contribution in [2.24, 2.45) is 0 Å². The highest BCUT2D eigenvalue weighted by atomic mass is 16.7. The second-order valence-corrected chi connectivity index (χ2v) is 7.90. The van der Waals surface area contributed by atoms with Crippen LogP contribution in [0, 0.1) is 0 Å². The third-order valence-corrected chi connectivity index (χ3v) is 5.51. The Kier molecular flexibility index (Phi) is 5.88. The molecular formula is C22H23N5O7. The number of rotatable bonds is 7. The van der Waals surface area contributed by atoms with Crippen LogP contribution < -0.4 is 14.8 Å². The van der Waals surface area contributed by atoms with Crippen LogP contribution in [0.2, 0.25) is 0 Å². The van der Waals surface area contributed by atoms with E-state index in [1.807, 2.05) is 18.2 Å². The molecule has 5 rings (SSSR count). The monoisotopic (exact) mass is 469 g/mol. The maximum absolute atomic E-state index is 11.5. The Bertz CT molecular complexity index is 1230. The van der Waals surface area contributed by atoms with Gasteiger partial charge in [-0.15, -0.1) is 0 Å². The van der Waals surface area contributed by atoms with Crippen molar-refractivity contribution in [3.63, 3.8) is 0 Å². The highest BCUT2D eigenvalue weighted by molar-refractivity contribution is 5.82. The Hall–Kier alpha value is -3.93. The summed E-state index contributed by atoms with van der Waals surface area (Å²) in [5.41, 5.74) is 2.12. The van der Waals surface area contributed by atoms with Crippen molar-refractivity contribution in [2.45, 2.75) is 45.2 Å². The number of benzene rings is 1. The molecule has 1 saturated heterocycles. The normalized spacial score (nSPS) is 20.9. The Morgan fingerprint density at radius 3 is 2.82 bits per heavy atom. The number of ether oxygens (including phenoxy) is 5. The molecule has 0 aliphatic carbocycles. The minimum Gasteiger partial charge on any atom is -0.463 e. The van der Waals surface area contributed by atoms with Crippen LogP contribution >= 0.6 is 0 Å². The summed E-state index contributed by atoms with van der Waals surface area (Å²) >= 11 is 0. The third-order valence-electron chi connectivity index (χ3n) is 5.51. The maximum Gasteiger partial charge on any atom is 0.303 e. The zero-order valence-electron chi connectivity index (χ0n) is 18.6. The number of nitrogens with one attached hydrogen (secondary N) is 1. The lowest BCUT2D eigenvalue weighted by atomic mass is 10.2. The maximum atomic E-state index is 11.5. The molecule has 4 heterocycles. The molecule has 0 saturated carbocycles. The first-order valence-electron chi connectivity index (χ1n) is 10.7. The van der Waals surface area contributed by atoms with Crippen LogP contribution in [0.25, 0.3) is 11.2 Å². The van der Waals surface area contributed by atoms with E-state index in [9.17, 15) is 9.59 Å². The molecule has 2 aliphatic heterocycles. The number of hydrogen-bond acceptors (Lipinski definition) is 11. The summed E-state index contributed by atoms with van der Waals surface area (Å²) in [5.74, 6) is 1.12. The van der Waals surface area contributed by atoms with Crippen molar-refractivity contribution >= 4 is 28.9 Å². The fraction of sp³-hybridized carbons (Fsp3) is 0.409. The van der Waals surface area contributed by atoms with Gasteiger partial charge in [-0.3, -0.25) is 14.2 Å². The van der Waals surface area contributed by atoms with Gasteiger partial charge in [-0.2, -0.15) is 0 Å². The van der Waals surface area contributed by atoms with Gasteiger partial charge in [0.25, 0.3) is 0 Å². The zero-order chi connectivity index (χ0) is 23.7. The van der Waals surface area contributed by atoms with Gasteiger partial charge in [0, 0.05) is 26.8 Å². The number of anilines is 1. The van der Waals surface area contributed by atoms with E-state index >= 15 is 0 Å². The molecule has 1 unspecified atom stereocenters. The van der Waals surface area contributed by atoms with Crippen LogP contribution in [-0.4, -0.2) is 57.1 Å². The minimum atomic E-state index is -0.597. The summed E-state index contributed by atoms with van der Waals surface area (Å²) in [6.45, 7) is 3.33. The van der Waals surface area contributed by atoms with Crippen molar-refractivity contribution in [3.05, 3.63) is 36.4 Å². The molecule has 0 radical (unpaired) electrons. The quantitative estimate of drug-likeness (QED) is 0.508. The van der Waals surface area contributed by atoms with Crippen LogP contribution in [0.3, 0.4) is 0 Å². The van der Waals surface area contributed by atoms with Gasteiger partial charge in [-0.25, -0.2) is 15.0 Å². The Morgan fingerprint density at radius 2 is 2.00 bits per heavy atom. The molecule has 3 aromatic rings. The summed E-state index contributed by atoms with van der Waals surface area (Å²) in [4.78, 5) is 36.0. The van der Waals surface area contributed by atoms with Crippen LogP contribution in [-0.2, 0) is 30.3 Å². The van der Waals surface area contributed by atoms with Crippen LogP contribution in [0.5, 0.6) is 11.5 Å². The van der Waals surface area contributed by atoms with Crippen molar-refractivity contribution in [1.82, 2.24) is 19.5 Å². The number of carbonyl (C=O) groups excluding carboxylic acids is 2. The molecule has 2 aliphatic rings. The second-order valence-electron chi connectivity index (χ2n) is 7.90. The summed E-state index contributed by atoms with van der Waals surface area (Å²) in [6, 6.07) is 5.73. The van der Waals surface area contributed by atoms with Crippen molar-refractivity contribution in [3.8, 4) is 11.5 Å². The number of carbonyl (C=O) groups is 2. The standard InChI is InChI=1S/C22H23N5O7/c1-12(28)30-8-18-17(33-13(2)29)6-19(34-18)27-10-26-20-21(24-9-25-22(20)27)23-7-14-3-4-15-16(5-14)32-11-31-15/h3-5,9-10,17-19H,6-8,11H2,1-2H3,(H,23,24,25)/t17-,18?,19-/m1/s1. The first-order valence-corrected chi connectivity index (χ1v) is 10.7. The largest absolute Gasteiger partial charge is 0.463 e. The average molecular weight is 469 g/mol. The molecule has 12 nitrogen and oxygen atoms in total. The van der Waals surface area contributed by atoms with Crippen molar-refractivity contribution < 1.29 is 33.3 Å². The van der Waals surface area contributed by atoms with E-state index in [0.717, 1.165) is 11.3 Å². The predicted octanol–water partition coefficient (Wildman–Crippen LogP) is 1.95. The van der Waals surface area contributed by atoms with E-state index < -0.39 is 30.4 Å². The van der Waals surface area contributed by atoms with Crippen LogP contribution in [0.1, 0.15) is 32.1 Å². The number of nitrogens with zero attached hydrogens (tertiary/aromatic N) is 4. The van der Waals surface area contributed by atoms with E-state index in [0.29, 0.717) is 35.7 Å². The molecule has 2 aromatic heterocycles. The molecule has 12 heteroatoms. The highest BCUT2D eigenvalue weighted by Gasteiger charge is 2.40. The summed E-state index contributed by atoms with van der Waals surface area (Å²) in [7, 11) is 0. The molecule has 0 spiro atoms. The molecule has 0 amide bonds. The molecule has 1 fully saturated rings. The summed E-state index contributed by atoms with van der Waals surface area (Å²) in [5, 5.41) is 3.28. The topological polar surface area (TPSA) is 136 Å². The molecule has 0 bridgehead atoms. The first-order chi connectivity index (χ1) is 16.5. The smallest absolute Gasteiger partial charge is 0.303 e. The lowest BCUT2D eigenvalue weighted by Gasteiger charge is -2.17. The average Bonchev–Trinajstić information content (AvgIpc) is 3.53. The van der Waals surface area contributed by atoms with E-state index in [1.54, 1.807) is 10.9 Å². The van der Waals surface area contributed by atoms with Gasteiger partial charge in [0.2, 0.25) is 6.79 Å². The van der Waals surface area contributed by atoms with Crippen LogP contribution in [0.4, 0.5) is 5.82 Å². The summed E-state index contributed by atoms with van der Waals surface area (Å²) in [6.07, 6.45) is 1.74. The fourth-order valence-electron chi connectivity index (χ4n) is 3.99. The van der Waals surface area contributed by atoms with E-state index in [2.05, 4.69) is 20.3 Å². The van der Waals surface area contributed by atoms with Gasteiger partial charge in [-0.1, -0.05) is 6.07 Å². The number of imidazole rings is 1. The third kappa shape index (κ3) is 4.44. The Morgan fingerprint density at radius 1 is 1.15 bits per heavy atom. The second kappa shape index (κ2) is 9.14. The first kappa shape index (κ1) is 21.9. The van der Waals surface area contributed by atoms with E-state index in [1.165, 1.54) is 20.2 Å². The molecule has 3 atom stereocenters. The number of esters is 2. The van der Waals surface area contributed by atoms with Gasteiger partial charge in [0.1, 0.15) is 31.4 Å². The zero-order valence-corrected chi connectivity index (χ0v) is 18.6. The molecule has 1 aromatic carbocycles. The predicted molar refractivity (Wildman–Crippen MR) is 116 cm³/mol. The molecule has 178 valence electrons.